The van der Waals surface area contributed by atoms with Crippen LogP contribution in [-0.4, -0.2) is 15.9 Å². The molecular weight excluding hydrogens is 354 g/mol. The van der Waals surface area contributed by atoms with Crippen molar-refractivity contribution in [1.29, 1.82) is 0 Å². The topological polar surface area (TPSA) is 54.9 Å². The van der Waals surface area contributed by atoms with Gasteiger partial charge in [0, 0.05) is 21.9 Å². The summed E-state index contributed by atoms with van der Waals surface area (Å²) in [5.41, 5.74) is 2.30. The van der Waals surface area contributed by atoms with Gasteiger partial charge in [-0.25, -0.2) is 9.97 Å². The zero-order valence-corrected chi connectivity index (χ0v) is 14.1. The van der Waals surface area contributed by atoms with E-state index in [0.717, 1.165) is 28.6 Å². The number of aryl methyl sites for hydroxylation is 2. The van der Waals surface area contributed by atoms with Crippen LogP contribution in [0.15, 0.2) is 28.9 Å². The zero-order chi connectivity index (χ0) is 15.4. The lowest BCUT2D eigenvalue weighted by Crippen LogP contribution is -2.14. The van der Waals surface area contributed by atoms with Crippen LogP contribution in [-0.2, 0) is 6.42 Å². The molecule has 21 heavy (non-hydrogen) atoms. The van der Waals surface area contributed by atoms with E-state index in [1.807, 2.05) is 6.92 Å². The Kier molecular flexibility index (Phi) is 5.31. The number of nitrogens with zero attached hydrogens (tertiary/aromatic N) is 2. The minimum Gasteiger partial charge on any atom is -0.307 e. The van der Waals surface area contributed by atoms with Crippen molar-refractivity contribution in [1.82, 2.24) is 9.97 Å². The highest BCUT2D eigenvalue weighted by atomic mass is 79.9. The molecule has 2 heterocycles. The second-order valence-corrected chi connectivity index (χ2v) is 5.93. The maximum atomic E-state index is 12.3. The van der Waals surface area contributed by atoms with Crippen LogP contribution in [0.2, 0.25) is 5.15 Å². The molecule has 0 aliphatic heterocycles. The number of rotatable bonds is 4. The summed E-state index contributed by atoms with van der Waals surface area (Å²) in [5.74, 6) is 0.261. The average molecular weight is 369 g/mol. The summed E-state index contributed by atoms with van der Waals surface area (Å²) in [7, 11) is 0. The third-order valence-corrected chi connectivity index (χ3v) is 3.93. The monoisotopic (exact) mass is 367 g/mol. The van der Waals surface area contributed by atoms with Crippen molar-refractivity contribution < 1.29 is 4.79 Å². The molecule has 0 radical (unpaired) electrons. The van der Waals surface area contributed by atoms with Crippen LogP contribution >= 0.6 is 27.5 Å². The van der Waals surface area contributed by atoms with Crippen molar-refractivity contribution in [2.75, 3.05) is 5.32 Å². The normalized spacial score (nSPS) is 10.5. The van der Waals surface area contributed by atoms with Crippen molar-refractivity contribution in [3.63, 3.8) is 0 Å². The molecule has 0 fully saturated rings. The molecule has 0 spiro atoms. The Morgan fingerprint density at radius 2 is 2.14 bits per heavy atom. The molecule has 0 unspecified atom stereocenters. The maximum Gasteiger partial charge on any atom is 0.256 e. The smallest absolute Gasteiger partial charge is 0.256 e. The molecule has 0 saturated heterocycles. The average Bonchev–Trinajstić information content (AvgIpc) is 2.42. The quantitative estimate of drug-likeness (QED) is 0.813. The van der Waals surface area contributed by atoms with Crippen LogP contribution in [0.4, 0.5) is 5.82 Å². The molecule has 6 heteroatoms. The van der Waals surface area contributed by atoms with Crippen LogP contribution in [0.1, 0.15) is 35.0 Å². The predicted octanol–water partition coefficient (Wildman–Crippen LogP) is 4.41. The van der Waals surface area contributed by atoms with Crippen LogP contribution in [0.5, 0.6) is 0 Å². The first-order valence-electron chi connectivity index (χ1n) is 6.59. The first kappa shape index (κ1) is 15.9. The van der Waals surface area contributed by atoms with Gasteiger partial charge in [-0.3, -0.25) is 4.79 Å². The van der Waals surface area contributed by atoms with Gasteiger partial charge < -0.3 is 5.32 Å². The van der Waals surface area contributed by atoms with Gasteiger partial charge in [0.25, 0.3) is 5.91 Å². The van der Waals surface area contributed by atoms with Gasteiger partial charge in [0.05, 0.1) is 0 Å². The van der Waals surface area contributed by atoms with Gasteiger partial charge in [0.2, 0.25) is 0 Å². The molecule has 0 atom stereocenters. The minimum atomic E-state index is -0.245. The molecule has 0 aliphatic rings. The Hall–Kier alpha value is -1.46. The Labute approximate surface area is 137 Å². The van der Waals surface area contributed by atoms with Crippen molar-refractivity contribution in [2.45, 2.75) is 26.7 Å². The van der Waals surface area contributed by atoms with E-state index in [0.29, 0.717) is 16.5 Å². The van der Waals surface area contributed by atoms with Crippen LogP contribution < -0.4 is 5.32 Å². The van der Waals surface area contributed by atoms with Gasteiger partial charge >= 0.3 is 0 Å². The van der Waals surface area contributed by atoms with E-state index >= 15 is 0 Å². The Morgan fingerprint density at radius 1 is 1.38 bits per heavy atom. The van der Waals surface area contributed by atoms with Gasteiger partial charge in [-0.2, -0.15) is 0 Å². The van der Waals surface area contributed by atoms with Crippen LogP contribution in [0, 0.1) is 6.92 Å². The Morgan fingerprint density at radius 3 is 2.81 bits per heavy atom. The van der Waals surface area contributed by atoms with Crippen LogP contribution in [0.25, 0.3) is 0 Å². The number of amides is 1. The summed E-state index contributed by atoms with van der Waals surface area (Å²) in [6, 6.07) is 5.12. The van der Waals surface area contributed by atoms with Gasteiger partial charge in [-0.1, -0.05) is 24.9 Å². The van der Waals surface area contributed by atoms with Gasteiger partial charge in [0.15, 0.2) is 0 Å². The predicted molar refractivity (Wildman–Crippen MR) is 87.9 cm³/mol. The molecule has 4 nitrogen and oxygen atoms in total. The molecule has 1 amide bonds. The molecule has 2 aromatic rings. The SMILES string of the molecule is CCCc1cc(C(=O)Nc2cc(C)c(Br)cn2)cc(Cl)n1. The van der Waals surface area contributed by atoms with Crippen LogP contribution in [0.3, 0.4) is 0 Å². The largest absolute Gasteiger partial charge is 0.307 e. The molecule has 0 bridgehead atoms. The fourth-order valence-corrected chi connectivity index (χ4v) is 2.31. The first-order chi connectivity index (χ1) is 9.99. The number of carbonyl (C=O) groups excluding carboxylic acids is 1. The first-order valence-corrected chi connectivity index (χ1v) is 7.76. The van der Waals surface area contributed by atoms with E-state index in [9.17, 15) is 4.79 Å². The molecule has 2 rings (SSSR count). The highest BCUT2D eigenvalue weighted by molar-refractivity contribution is 9.10. The highest BCUT2D eigenvalue weighted by Gasteiger charge is 2.10. The number of carbonyl (C=O) groups is 1. The molecule has 2 aromatic heterocycles. The van der Waals surface area contributed by atoms with Crippen molar-refractivity contribution in [3.8, 4) is 0 Å². The van der Waals surface area contributed by atoms with E-state index < -0.39 is 0 Å². The third kappa shape index (κ3) is 4.25. The van der Waals surface area contributed by atoms with Gasteiger partial charge in [-0.15, -0.1) is 0 Å². The molecule has 0 aliphatic carbocycles. The number of hydrogen-bond donors (Lipinski definition) is 1. The van der Waals surface area contributed by atoms with E-state index in [-0.39, 0.29) is 5.91 Å². The number of halogens is 2. The van der Waals surface area contributed by atoms with E-state index in [1.54, 1.807) is 24.4 Å². The number of anilines is 1. The lowest BCUT2D eigenvalue weighted by atomic mass is 10.1. The second kappa shape index (κ2) is 7.00. The fourth-order valence-electron chi connectivity index (χ4n) is 1.86. The highest BCUT2D eigenvalue weighted by Crippen LogP contribution is 2.18. The van der Waals surface area contributed by atoms with Crippen molar-refractivity contribution in [3.05, 3.63) is 50.8 Å². The summed E-state index contributed by atoms with van der Waals surface area (Å²) in [6.07, 6.45) is 3.39. The lowest BCUT2D eigenvalue weighted by molar-refractivity contribution is 0.102. The van der Waals surface area contributed by atoms with E-state index in [1.165, 1.54) is 0 Å². The third-order valence-electron chi connectivity index (χ3n) is 2.90. The van der Waals surface area contributed by atoms with Crippen molar-refractivity contribution in [2.24, 2.45) is 0 Å². The summed E-state index contributed by atoms with van der Waals surface area (Å²) in [4.78, 5) is 20.6. The molecule has 0 saturated carbocycles. The van der Waals surface area contributed by atoms with E-state index in [4.69, 9.17) is 11.6 Å². The standard InChI is InChI=1S/C15H15BrClN3O/c1-3-4-11-6-10(7-13(17)19-11)15(21)20-14-5-9(2)12(16)8-18-14/h5-8H,3-4H2,1-2H3,(H,18,20,21). The maximum absolute atomic E-state index is 12.3. The number of nitrogens with one attached hydrogen (secondary N) is 1. The summed E-state index contributed by atoms with van der Waals surface area (Å²) in [6.45, 7) is 3.99. The molecule has 1 N–H and O–H groups in total. The van der Waals surface area contributed by atoms with Crippen molar-refractivity contribution >= 4 is 39.3 Å². The minimum absolute atomic E-state index is 0.245. The second-order valence-electron chi connectivity index (χ2n) is 4.69. The number of hydrogen-bond acceptors (Lipinski definition) is 3. The Balaban J connectivity index is 2.21. The summed E-state index contributed by atoms with van der Waals surface area (Å²) in [5, 5.41) is 3.09. The number of aromatic nitrogens is 2. The zero-order valence-electron chi connectivity index (χ0n) is 11.8. The Bertz CT molecular complexity index is 676. The summed E-state index contributed by atoms with van der Waals surface area (Å²) < 4.78 is 0.901. The fraction of sp³-hybridized carbons (Fsp3) is 0.267. The number of pyridine rings is 2. The van der Waals surface area contributed by atoms with Gasteiger partial charge in [-0.05, 0) is 53.0 Å². The molecule has 110 valence electrons. The van der Waals surface area contributed by atoms with E-state index in [2.05, 4.69) is 38.1 Å². The molecule has 0 aromatic carbocycles. The lowest BCUT2D eigenvalue weighted by Gasteiger charge is -2.08. The molecular formula is C15H15BrClN3O. The summed E-state index contributed by atoms with van der Waals surface area (Å²) >= 11 is 9.34. The van der Waals surface area contributed by atoms with Gasteiger partial charge in [0.1, 0.15) is 11.0 Å².